The topological polar surface area (TPSA) is 87.2 Å². The van der Waals surface area contributed by atoms with Crippen molar-refractivity contribution in [3.05, 3.63) is 33.8 Å². The van der Waals surface area contributed by atoms with E-state index in [2.05, 4.69) is 0 Å². The van der Waals surface area contributed by atoms with Gasteiger partial charge in [0, 0.05) is 45.2 Å². The Balaban J connectivity index is 1.75. The van der Waals surface area contributed by atoms with Crippen LogP contribution in [-0.2, 0) is 19.6 Å². The van der Waals surface area contributed by atoms with Gasteiger partial charge in [-0.25, -0.2) is 13.2 Å². The molecule has 1 aromatic carbocycles. The zero-order valence-electron chi connectivity index (χ0n) is 16.9. The molecule has 0 radical (unpaired) electrons. The summed E-state index contributed by atoms with van der Waals surface area (Å²) in [5, 5.41) is 0.807. The minimum atomic E-state index is -3.28. The lowest BCUT2D eigenvalue weighted by molar-refractivity contribution is -0.147. The average molecular weight is 478 g/mol. The average Bonchev–Trinajstić information content (AvgIpc) is 3.15. The zero-order chi connectivity index (χ0) is 22.1. The van der Waals surface area contributed by atoms with Gasteiger partial charge in [-0.3, -0.25) is 4.79 Å². The molecule has 2 heterocycles. The number of amides is 2. The van der Waals surface area contributed by atoms with Gasteiger partial charge in [-0.05, 0) is 24.6 Å². The van der Waals surface area contributed by atoms with Crippen molar-refractivity contribution in [2.45, 2.75) is 12.8 Å². The number of nitrogens with zero attached hydrogens (tertiary/aromatic N) is 3. The lowest BCUT2D eigenvalue weighted by Gasteiger charge is -2.35. The zero-order valence-corrected chi connectivity index (χ0v) is 19.2. The van der Waals surface area contributed by atoms with Crippen LogP contribution in [0.5, 0.6) is 0 Å². The molecule has 1 aromatic rings. The van der Waals surface area contributed by atoms with E-state index in [1.165, 1.54) is 4.31 Å². The van der Waals surface area contributed by atoms with E-state index in [9.17, 15) is 18.0 Å². The SMILES string of the molecule is CCOC(=O)[C@@H]1CN(C(=O)N2CCN(S(C)(=O)=O)CC2)C[C@@H]1c1ccc(Cl)c(Cl)c1. The van der Waals surface area contributed by atoms with Gasteiger partial charge >= 0.3 is 12.0 Å². The number of halogens is 2. The predicted octanol–water partition coefficient (Wildman–Crippen LogP) is 2.27. The highest BCUT2D eigenvalue weighted by Crippen LogP contribution is 2.36. The number of carbonyl (C=O) groups is 2. The van der Waals surface area contributed by atoms with E-state index in [0.29, 0.717) is 29.7 Å². The van der Waals surface area contributed by atoms with Gasteiger partial charge in [-0.1, -0.05) is 29.3 Å². The largest absolute Gasteiger partial charge is 0.466 e. The van der Waals surface area contributed by atoms with Gasteiger partial charge in [0.15, 0.2) is 0 Å². The fourth-order valence-electron chi connectivity index (χ4n) is 3.94. The molecule has 0 aliphatic carbocycles. The Morgan fingerprint density at radius 1 is 1.07 bits per heavy atom. The highest BCUT2D eigenvalue weighted by atomic mass is 35.5. The second-order valence-corrected chi connectivity index (χ2v) is 10.3. The molecule has 166 valence electrons. The number of hydrogen-bond donors (Lipinski definition) is 0. The molecule has 0 N–H and O–H groups in total. The van der Waals surface area contributed by atoms with Crippen LogP contribution in [0.3, 0.4) is 0 Å². The van der Waals surface area contributed by atoms with Crippen LogP contribution in [0.2, 0.25) is 10.0 Å². The Morgan fingerprint density at radius 3 is 2.30 bits per heavy atom. The summed E-state index contributed by atoms with van der Waals surface area (Å²) in [6, 6.07) is 5.00. The smallest absolute Gasteiger partial charge is 0.320 e. The van der Waals surface area contributed by atoms with Crippen molar-refractivity contribution in [2.75, 3.05) is 52.1 Å². The van der Waals surface area contributed by atoms with Crippen LogP contribution in [0, 0.1) is 5.92 Å². The lowest BCUT2D eigenvalue weighted by Crippen LogP contribution is -2.53. The Bertz CT molecular complexity index is 919. The van der Waals surface area contributed by atoms with Crippen LogP contribution >= 0.6 is 23.2 Å². The number of rotatable bonds is 4. The summed E-state index contributed by atoms with van der Waals surface area (Å²) in [4.78, 5) is 28.9. The summed E-state index contributed by atoms with van der Waals surface area (Å²) < 4.78 is 30.0. The number of ether oxygens (including phenoxy) is 1. The first-order chi connectivity index (χ1) is 14.1. The Labute approximate surface area is 186 Å². The molecule has 2 saturated heterocycles. The van der Waals surface area contributed by atoms with Gasteiger partial charge in [0.05, 0.1) is 28.8 Å². The molecule has 2 aliphatic rings. The molecule has 8 nitrogen and oxygen atoms in total. The van der Waals surface area contributed by atoms with Crippen LogP contribution in [0.4, 0.5) is 4.79 Å². The van der Waals surface area contributed by atoms with E-state index in [-0.39, 0.29) is 44.2 Å². The second-order valence-electron chi connectivity index (χ2n) is 7.48. The normalized spacial score (nSPS) is 22.9. The summed E-state index contributed by atoms with van der Waals surface area (Å²) in [6.45, 7) is 3.71. The summed E-state index contributed by atoms with van der Waals surface area (Å²) in [5.41, 5.74) is 0.819. The van der Waals surface area contributed by atoms with Crippen LogP contribution in [0.25, 0.3) is 0 Å². The third-order valence-electron chi connectivity index (χ3n) is 5.53. The molecule has 11 heteroatoms. The van der Waals surface area contributed by atoms with Gasteiger partial charge in [-0.2, -0.15) is 4.31 Å². The maximum absolute atomic E-state index is 13.1. The van der Waals surface area contributed by atoms with Gasteiger partial charge in [0.2, 0.25) is 10.0 Å². The monoisotopic (exact) mass is 477 g/mol. The molecule has 0 saturated carbocycles. The van der Waals surface area contributed by atoms with E-state index in [1.807, 2.05) is 6.07 Å². The molecule has 30 heavy (non-hydrogen) atoms. The van der Waals surface area contributed by atoms with Crippen LogP contribution in [0.1, 0.15) is 18.4 Å². The predicted molar refractivity (Wildman–Crippen MR) is 114 cm³/mol. The number of sulfonamides is 1. The van der Waals surface area contributed by atoms with Gasteiger partial charge < -0.3 is 14.5 Å². The van der Waals surface area contributed by atoms with Crippen molar-refractivity contribution in [3.63, 3.8) is 0 Å². The lowest BCUT2D eigenvalue weighted by atomic mass is 9.89. The van der Waals surface area contributed by atoms with Crippen molar-refractivity contribution >= 4 is 45.2 Å². The first-order valence-electron chi connectivity index (χ1n) is 9.72. The van der Waals surface area contributed by atoms with Crippen LogP contribution in [0.15, 0.2) is 18.2 Å². The van der Waals surface area contributed by atoms with Gasteiger partial charge in [0.25, 0.3) is 0 Å². The first kappa shape index (κ1) is 23.1. The highest BCUT2D eigenvalue weighted by molar-refractivity contribution is 7.88. The molecular formula is C19H25Cl2N3O5S. The summed E-state index contributed by atoms with van der Waals surface area (Å²) in [7, 11) is -3.28. The molecule has 2 amide bonds. The van der Waals surface area contributed by atoms with E-state index in [1.54, 1.807) is 28.9 Å². The van der Waals surface area contributed by atoms with Crippen molar-refractivity contribution in [1.29, 1.82) is 0 Å². The molecule has 0 unspecified atom stereocenters. The fourth-order valence-corrected chi connectivity index (χ4v) is 5.07. The maximum atomic E-state index is 13.1. The summed E-state index contributed by atoms with van der Waals surface area (Å²) in [5.74, 6) is -1.13. The first-order valence-corrected chi connectivity index (χ1v) is 12.3. The third-order valence-corrected chi connectivity index (χ3v) is 7.57. The Kier molecular flexibility index (Phi) is 7.16. The number of urea groups is 1. The van der Waals surface area contributed by atoms with E-state index >= 15 is 0 Å². The molecule has 2 aliphatic heterocycles. The van der Waals surface area contributed by atoms with E-state index in [4.69, 9.17) is 27.9 Å². The number of likely N-dealkylation sites (tertiary alicyclic amines) is 1. The molecule has 0 aromatic heterocycles. The molecule has 2 atom stereocenters. The molecule has 2 fully saturated rings. The van der Waals surface area contributed by atoms with Crippen LogP contribution < -0.4 is 0 Å². The number of esters is 1. The minimum Gasteiger partial charge on any atom is -0.466 e. The van der Waals surface area contributed by atoms with Crippen molar-refractivity contribution in [1.82, 2.24) is 14.1 Å². The second kappa shape index (κ2) is 9.30. The Morgan fingerprint density at radius 2 is 1.73 bits per heavy atom. The molecule has 3 rings (SSSR count). The van der Waals surface area contributed by atoms with Gasteiger partial charge in [-0.15, -0.1) is 0 Å². The molecule has 0 spiro atoms. The number of hydrogen-bond acceptors (Lipinski definition) is 5. The van der Waals surface area contributed by atoms with Gasteiger partial charge in [0.1, 0.15) is 0 Å². The number of benzene rings is 1. The van der Waals surface area contributed by atoms with E-state index in [0.717, 1.165) is 11.8 Å². The Hall–Kier alpha value is -1.55. The van der Waals surface area contributed by atoms with Crippen molar-refractivity contribution in [2.24, 2.45) is 5.92 Å². The minimum absolute atomic E-state index is 0.208. The standard InChI is InChI=1S/C19H25Cl2N3O5S/c1-3-29-18(25)15-12-23(11-14(15)13-4-5-16(20)17(21)10-13)19(26)22-6-8-24(9-7-22)30(2,27)28/h4-5,10,14-15H,3,6-9,11-12H2,1-2H3/t14-,15-/m1/s1. The molecule has 0 bridgehead atoms. The summed E-state index contributed by atoms with van der Waals surface area (Å²) in [6.07, 6.45) is 1.16. The number of piperazine rings is 1. The highest BCUT2D eigenvalue weighted by Gasteiger charge is 2.43. The van der Waals surface area contributed by atoms with E-state index < -0.39 is 15.9 Å². The third kappa shape index (κ3) is 5.01. The molecular weight excluding hydrogens is 453 g/mol. The summed E-state index contributed by atoms with van der Waals surface area (Å²) >= 11 is 12.2. The maximum Gasteiger partial charge on any atom is 0.320 e. The quantitative estimate of drug-likeness (QED) is 0.620. The van der Waals surface area contributed by atoms with Crippen LogP contribution in [-0.4, -0.2) is 86.7 Å². The van der Waals surface area contributed by atoms with Crippen molar-refractivity contribution < 1.29 is 22.7 Å². The fraction of sp³-hybridized carbons (Fsp3) is 0.579. The number of carbonyl (C=O) groups excluding carboxylic acids is 2. The van der Waals surface area contributed by atoms with Crippen molar-refractivity contribution in [3.8, 4) is 0 Å².